The summed E-state index contributed by atoms with van der Waals surface area (Å²) in [6.07, 6.45) is 0. The quantitative estimate of drug-likeness (QED) is 0.327. The zero-order chi connectivity index (χ0) is 14.5. The van der Waals surface area contributed by atoms with Gasteiger partial charge < -0.3 is 20.9 Å². The Labute approximate surface area is 123 Å². The third-order valence-corrected chi connectivity index (χ3v) is 3.80. The predicted molar refractivity (Wildman–Crippen MR) is 79.7 cm³/mol. The smallest absolute Gasteiger partial charge is 0.171 e. The summed E-state index contributed by atoms with van der Waals surface area (Å²) < 4.78 is 0. The standard InChI is InChI=1S/C13H19ClN4O2/c14-12-9-10(1-2-11(12)13(15)16-20)18-5-3-17(4-6-18)7-8-19/h1-2,9,19-20H,3-8H2,(H2,15,16). The summed E-state index contributed by atoms with van der Waals surface area (Å²) in [6, 6.07) is 5.50. The third kappa shape index (κ3) is 3.33. The fraction of sp³-hybridized carbons (Fsp3) is 0.462. The Balaban J connectivity index is 2.06. The highest BCUT2D eigenvalue weighted by Crippen LogP contribution is 2.24. The minimum absolute atomic E-state index is 0.00863. The second-order valence-corrected chi connectivity index (χ2v) is 5.11. The van der Waals surface area contributed by atoms with Crippen LogP contribution in [0.5, 0.6) is 0 Å². The van der Waals surface area contributed by atoms with E-state index in [4.69, 9.17) is 27.6 Å². The summed E-state index contributed by atoms with van der Waals surface area (Å²) in [6.45, 7) is 4.52. The molecule has 1 saturated heterocycles. The molecule has 4 N–H and O–H groups in total. The van der Waals surface area contributed by atoms with Crippen LogP contribution in [0.3, 0.4) is 0 Å². The van der Waals surface area contributed by atoms with Gasteiger partial charge in [-0.15, -0.1) is 0 Å². The van der Waals surface area contributed by atoms with Crippen molar-refractivity contribution in [1.29, 1.82) is 0 Å². The van der Waals surface area contributed by atoms with Crippen molar-refractivity contribution >= 4 is 23.1 Å². The Kier molecular flexibility index (Phi) is 5.05. The second-order valence-electron chi connectivity index (χ2n) is 4.70. The van der Waals surface area contributed by atoms with E-state index in [1.54, 1.807) is 6.07 Å². The highest BCUT2D eigenvalue weighted by atomic mass is 35.5. The van der Waals surface area contributed by atoms with Crippen LogP contribution in [0.25, 0.3) is 0 Å². The number of β-amino-alcohol motifs (C(OH)–C–C–N with tert-alkyl or cyclic N) is 1. The Bertz CT molecular complexity index is 487. The molecule has 1 aromatic carbocycles. The number of aliphatic hydroxyl groups is 1. The van der Waals surface area contributed by atoms with Gasteiger partial charge in [-0.25, -0.2) is 0 Å². The second kappa shape index (κ2) is 6.78. The number of nitrogens with two attached hydrogens (primary N) is 1. The van der Waals surface area contributed by atoms with E-state index in [9.17, 15) is 0 Å². The van der Waals surface area contributed by atoms with Gasteiger partial charge in [-0.1, -0.05) is 16.8 Å². The van der Waals surface area contributed by atoms with Crippen LogP contribution in [0, 0.1) is 0 Å². The molecule has 0 bridgehead atoms. The molecule has 20 heavy (non-hydrogen) atoms. The number of piperazine rings is 1. The molecule has 0 saturated carbocycles. The number of oxime groups is 1. The van der Waals surface area contributed by atoms with Crippen LogP contribution >= 0.6 is 11.6 Å². The maximum atomic E-state index is 8.93. The highest BCUT2D eigenvalue weighted by molar-refractivity contribution is 6.34. The van der Waals surface area contributed by atoms with Crippen molar-refractivity contribution in [1.82, 2.24) is 4.90 Å². The fourth-order valence-corrected chi connectivity index (χ4v) is 2.61. The molecule has 1 aromatic rings. The number of aliphatic hydroxyl groups excluding tert-OH is 1. The lowest BCUT2D eigenvalue weighted by Crippen LogP contribution is -2.47. The van der Waals surface area contributed by atoms with Gasteiger partial charge >= 0.3 is 0 Å². The van der Waals surface area contributed by atoms with E-state index in [0.717, 1.165) is 38.4 Å². The largest absolute Gasteiger partial charge is 0.409 e. The van der Waals surface area contributed by atoms with E-state index in [2.05, 4.69) is 15.0 Å². The maximum absolute atomic E-state index is 8.93. The first kappa shape index (κ1) is 14.9. The number of hydrogen-bond donors (Lipinski definition) is 3. The van der Waals surface area contributed by atoms with Crippen molar-refractivity contribution in [3.8, 4) is 0 Å². The predicted octanol–water partition coefficient (Wildman–Crippen LogP) is 0.549. The lowest BCUT2D eigenvalue weighted by molar-refractivity contribution is 0.189. The number of rotatable bonds is 4. The molecule has 0 aromatic heterocycles. The molecule has 1 heterocycles. The average Bonchev–Trinajstić information content (AvgIpc) is 2.47. The molecule has 1 fully saturated rings. The highest BCUT2D eigenvalue weighted by Gasteiger charge is 2.17. The van der Waals surface area contributed by atoms with Crippen LogP contribution in [-0.4, -0.2) is 60.4 Å². The summed E-state index contributed by atoms with van der Waals surface area (Å²) in [5.74, 6) is 0.00863. The number of halogens is 1. The zero-order valence-electron chi connectivity index (χ0n) is 11.2. The molecule has 0 radical (unpaired) electrons. The van der Waals surface area contributed by atoms with Gasteiger partial charge in [-0.05, 0) is 18.2 Å². The van der Waals surface area contributed by atoms with Gasteiger partial charge in [-0.3, -0.25) is 4.90 Å². The van der Waals surface area contributed by atoms with Gasteiger partial charge in [0.15, 0.2) is 5.84 Å². The van der Waals surface area contributed by atoms with Crippen molar-refractivity contribution in [3.63, 3.8) is 0 Å². The average molecular weight is 299 g/mol. The van der Waals surface area contributed by atoms with E-state index < -0.39 is 0 Å². The number of anilines is 1. The molecule has 0 aliphatic carbocycles. The Morgan fingerprint density at radius 1 is 1.30 bits per heavy atom. The SMILES string of the molecule is NC(=NO)c1ccc(N2CCN(CCO)CC2)cc1Cl. The lowest BCUT2D eigenvalue weighted by Gasteiger charge is -2.35. The summed E-state index contributed by atoms with van der Waals surface area (Å²) in [5.41, 5.74) is 7.09. The molecule has 7 heteroatoms. The van der Waals surface area contributed by atoms with Gasteiger partial charge in [0.2, 0.25) is 0 Å². The van der Waals surface area contributed by atoms with Gasteiger partial charge in [0, 0.05) is 44.0 Å². The first-order chi connectivity index (χ1) is 9.65. The van der Waals surface area contributed by atoms with Crippen LogP contribution in [-0.2, 0) is 0 Å². The van der Waals surface area contributed by atoms with Crippen molar-refractivity contribution < 1.29 is 10.3 Å². The Hall–Kier alpha value is -1.50. The van der Waals surface area contributed by atoms with Crippen LogP contribution in [0.4, 0.5) is 5.69 Å². The van der Waals surface area contributed by atoms with Crippen LogP contribution in [0.1, 0.15) is 5.56 Å². The monoisotopic (exact) mass is 298 g/mol. The number of benzene rings is 1. The summed E-state index contributed by atoms with van der Waals surface area (Å²) in [4.78, 5) is 4.46. The maximum Gasteiger partial charge on any atom is 0.171 e. The molecule has 0 amide bonds. The summed E-state index contributed by atoms with van der Waals surface area (Å²) in [5, 5.41) is 21.0. The topological polar surface area (TPSA) is 85.3 Å². The summed E-state index contributed by atoms with van der Waals surface area (Å²) >= 11 is 6.16. The molecule has 1 aliphatic heterocycles. The molecule has 0 atom stereocenters. The first-order valence-corrected chi connectivity index (χ1v) is 6.89. The van der Waals surface area contributed by atoms with Crippen molar-refractivity contribution in [3.05, 3.63) is 28.8 Å². The normalized spacial score (nSPS) is 17.5. The minimum atomic E-state index is 0.00863. The van der Waals surface area contributed by atoms with Crippen LogP contribution in [0.15, 0.2) is 23.4 Å². The summed E-state index contributed by atoms with van der Waals surface area (Å²) in [7, 11) is 0. The van der Waals surface area contributed by atoms with Gasteiger partial charge in [0.1, 0.15) is 0 Å². The fourth-order valence-electron chi connectivity index (χ4n) is 2.33. The molecule has 0 spiro atoms. The number of amidine groups is 1. The van der Waals surface area contributed by atoms with Crippen LogP contribution in [0.2, 0.25) is 5.02 Å². The molecule has 0 unspecified atom stereocenters. The molecular formula is C13H19ClN4O2. The first-order valence-electron chi connectivity index (χ1n) is 6.51. The molecular weight excluding hydrogens is 280 g/mol. The van der Waals surface area contributed by atoms with E-state index >= 15 is 0 Å². The van der Waals surface area contributed by atoms with E-state index in [-0.39, 0.29) is 12.4 Å². The zero-order valence-corrected chi connectivity index (χ0v) is 11.9. The van der Waals surface area contributed by atoms with E-state index in [0.29, 0.717) is 10.6 Å². The third-order valence-electron chi connectivity index (χ3n) is 3.49. The van der Waals surface area contributed by atoms with Crippen molar-refractivity contribution in [2.45, 2.75) is 0 Å². The number of hydrogen-bond acceptors (Lipinski definition) is 5. The van der Waals surface area contributed by atoms with Crippen molar-refractivity contribution in [2.24, 2.45) is 10.9 Å². The Morgan fingerprint density at radius 3 is 2.55 bits per heavy atom. The molecule has 1 aliphatic rings. The van der Waals surface area contributed by atoms with Crippen molar-refractivity contribution in [2.75, 3.05) is 44.2 Å². The van der Waals surface area contributed by atoms with Gasteiger partial charge in [-0.2, -0.15) is 0 Å². The molecule has 6 nitrogen and oxygen atoms in total. The molecule has 2 rings (SSSR count). The van der Waals surface area contributed by atoms with E-state index in [1.165, 1.54) is 0 Å². The van der Waals surface area contributed by atoms with Gasteiger partial charge in [0.25, 0.3) is 0 Å². The van der Waals surface area contributed by atoms with Crippen LogP contribution < -0.4 is 10.6 Å². The Morgan fingerprint density at radius 2 is 2.00 bits per heavy atom. The minimum Gasteiger partial charge on any atom is -0.409 e. The molecule has 110 valence electrons. The lowest BCUT2D eigenvalue weighted by atomic mass is 10.1. The van der Waals surface area contributed by atoms with E-state index in [1.807, 2.05) is 12.1 Å². The van der Waals surface area contributed by atoms with Gasteiger partial charge in [0.05, 0.1) is 11.6 Å². The number of nitrogens with zero attached hydrogens (tertiary/aromatic N) is 3.